The van der Waals surface area contributed by atoms with Crippen molar-refractivity contribution in [2.75, 3.05) is 46.2 Å². The van der Waals surface area contributed by atoms with Crippen LogP contribution in [-0.2, 0) is 17.8 Å². The summed E-state index contributed by atoms with van der Waals surface area (Å²) in [5, 5.41) is 6.98. The van der Waals surface area contributed by atoms with Gasteiger partial charge in [0.2, 0.25) is 0 Å². The Hall–Kier alpha value is -0.510. The number of likely N-dealkylation sites (tertiary alicyclic amines) is 1. The summed E-state index contributed by atoms with van der Waals surface area (Å²) in [6.07, 6.45) is 8.47. The molecular weight excluding hydrogens is 495 g/mol. The largest absolute Gasteiger partial charge is 0.381 e. The van der Waals surface area contributed by atoms with E-state index in [2.05, 4.69) is 51.0 Å². The zero-order chi connectivity index (χ0) is 19.7. The van der Waals surface area contributed by atoms with Crippen molar-refractivity contribution in [2.45, 2.75) is 49.9 Å². The third kappa shape index (κ3) is 7.92. The van der Waals surface area contributed by atoms with Crippen molar-refractivity contribution >= 4 is 41.7 Å². The number of hydrogen-bond acceptors (Lipinski definition) is 4. The predicted octanol–water partition coefficient (Wildman–Crippen LogP) is 3.87. The highest BCUT2D eigenvalue weighted by Gasteiger charge is 2.31. The molecule has 7 heteroatoms. The molecule has 2 fully saturated rings. The fourth-order valence-corrected chi connectivity index (χ4v) is 4.78. The molecule has 2 heterocycles. The van der Waals surface area contributed by atoms with E-state index in [4.69, 9.17) is 4.74 Å². The highest BCUT2D eigenvalue weighted by atomic mass is 127. The van der Waals surface area contributed by atoms with Crippen LogP contribution in [0.25, 0.3) is 0 Å². The summed E-state index contributed by atoms with van der Waals surface area (Å²) in [5.41, 5.74) is 2.70. The highest BCUT2D eigenvalue weighted by molar-refractivity contribution is 14.0. The third-order valence-electron chi connectivity index (χ3n) is 5.98. The van der Waals surface area contributed by atoms with Crippen LogP contribution >= 0.6 is 35.7 Å². The third-order valence-corrected chi connectivity index (χ3v) is 7.40. The number of hydrogen-bond donors (Lipinski definition) is 2. The number of nitrogens with zero attached hydrogens (tertiary/aromatic N) is 2. The van der Waals surface area contributed by atoms with Gasteiger partial charge in [-0.1, -0.05) is 30.7 Å². The quantitative estimate of drug-likeness (QED) is 0.317. The van der Waals surface area contributed by atoms with Crippen molar-refractivity contribution in [1.29, 1.82) is 0 Å². The molecule has 3 rings (SSSR count). The van der Waals surface area contributed by atoms with Crippen molar-refractivity contribution < 1.29 is 4.74 Å². The molecule has 0 radical (unpaired) electrons. The van der Waals surface area contributed by atoms with Crippen molar-refractivity contribution in [1.82, 2.24) is 15.5 Å². The van der Waals surface area contributed by atoms with Gasteiger partial charge in [-0.3, -0.25) is 9.89 Å². The minimum atomic E-state index is 0. The lowest BCUT2D eigenvalue weighted by Crippen LogP contribution is -2.47. The van der Waals surface area contributed by atoms with E-state index in [0.29, 0.717) is 0 Å². The zero-order valence-electron chi connectivity index (χ0n) is 17.9. The van der Waals surface area contributed by atoms with E-state index < -0.39 is 0 Å². The molecule has 164 valence electrons. The van der Waals surface area contributed by atoms with Crippen molar-refractivity contribution in [3.8, 4) is 0 Å². The van der Waals surface area contributed by atoms with Crippen LogP contribution in [0.2, 0.25) is 0 Å². The maximum atomic E-state index is 5.53. The minimum Gasteiger partial charge on any atom is -0.381 e. The molecular formula is C22H37IN4OS. The molecule has 0 saturated carbocycles. The average Bonchev–Trinajstić information content (AvgIpc) is 2.76. The molecule has 0 aromatic heterocycles. The molecule has 2 aliphatic rings. The normalized spacial score (nSPS) is 20.0. The summed E-state index contributed by atoms with van der Waals surface area (Å²) in [4.78, 5) is 6.96. The van der Waals surface area contributed by atoms with E-state index in [9.17, 15) is 0 Å². The lowest BCUT2D eigenvalue weighted by Gasteiger charge is -2.36. The zero-order valence-corrected chi connectivity index (χ0v) is 21.1. The van der Waals surface area contributed by atoms with Gasteiger partial charge in [0.15, 0.2) is 5.96 Å². The molecule has 0 spiro atoms. The molecule has 1 aromatic carbocycles. The van der Waals surface area contributed by atoms with Crippen LogP contribution in [0.5, 0.6) is 0 Å². The van der Waals surface area contributed by atoms with E-state index in [1.807, 2.05) is 18.8 Å². The summed E-state index contributed by atoms with van der Waals surface area (Å²) in [6.45, 7) is 7.00. The number of benzene rings is 1. The van der Waals surface area contributed by atoms with Gasteiger partial charge < -0.3 is 15.4 Å². The van der Waals surface area contributed by atoms with E-state index in [1.165, 1.54) is 43.5 Å². The Morgan fingerprint density at radius 3 is 2.34 bits per heavy atom. The number of nitrogens with one attached hydrogen (secondary N) is 2. The molecule has 2 N–H and O–H groups in total. The fourth-order valence-electron chi connectivity index (χ4n) is 3.99. The summed E-state index contributed by atoms with van der Waals surface area (Å²) < 4.78 is 5.79. The minimum absolute atomic E-state index is 0. The van der Waals surface area contributed by atoms with Crippen molar-refractivity contribution in [2.24, 2.45) is 4.99 Å². The number of rotatable bonds is 7. The van der Waals surface area contributed by atoms with Crippen LogP contribution < -0.4 is 10.6 Å². The average molecular weight is 533 g/mol. The van der Waals surface area contributed by atoms with Crippen LogP contribution in [0.3, 0.4) is 0 Å². The lowest BCUT2D eigenvalue weighted by molar-refractivity contribution is 0.0783. The second kappa shape index (κ2) is 13.0. The molecule has 0 amide bonds. The van der Waals surface area contributed by atoms with Crippen molar-refractivity contribution in [3.05, 3.63) is 35.4 Å². The first-order chi connectivity index (χ1) is 13.7. The Morgan fingerprint density at radius 2 is 1.72 bits per heavy atom. The Kier molecular flexibility index (Phi) is 11.1. The Bertz CT molecular complexity index is 614. The highest BCUT2D eigenvalue weighted by Crippen LogP contribution is 2.32. The van der Waals surface area contributed by atoms with E-state index in [0.717, 1.165) is 51.6 Å². The van der Waals surface area contributed by atoms with Gasteiger partial charge in [0, 0.05) is 44.6 Å². The molecule has 2 saturated heterocycles. The van der Waals surface area contributed by atoms with Gasteiger partial charge in [-0.25, -0.2) is 0 Å². The van der Waals surface area contributed by atoms with Crippen LogP contribution in [0, 0.1) is 0 Å². The standard InChI is InChI=1S/C22H36N4OS.HI/c1-23-21(25-18-22(28-2)10-14-27-15-11-22)24-16-19-6-8-20(9-7-19)17-26-12-4-3-5-13-26;/h6-9H,3-5,10-18H2,1-2H3,(H2,23,24,25);1H. The molecule has 0 unspecified atom stereocenters. The molecule has 0 aliphatic carbocycles. The van der Waals surface area contributed by atoms with Crippen molar-refractivity contribution in [3.63, 3.8) is 0 Å². The number of piperidine rings is 1. The molecule has 2 aliphatic heterocycles. The Balaban J connectivity index is 0.00000300. The second-order valence-electron chi connectivity index (χ2n) is 7.93. The summed E-state index contributed by atoms with van der Waals surface area (Å²) in [6, 6.07) is 9.02. The summed E-state index contributed by atoms with van der Waals surface area (Å²) in [7, 11) is 1.84. The number of halogens is 1. The van der Waals surface area contributed by atoms with Gasteiger partial charge in [-0.15, -0.1) is 24.0 Å². The molecule has 1 aromatic rings. The van der Waals surface area contributed by atoms with Gasteiger partial charge in [0.25, 0.3) is 0 Å². The SMILES string of the molecule is CN=C(NCc1ccc(CN2CCCCC2)cc1)NCC1(SC)CCOCC1.I. The molecule has 0 atom stereocenters. The number of thioether (sulfide) groups is 1. The topological polar surface area (TPSA) is 48.9 Å². The fraction of sp³-hybridized carbons (Fsp3) is 0.682. The smallest absolute Gasteiger partial charge is 0.191 e. The van der Waals surface area contributed by atoms with E-state index in [-0.39, 0.29) is 28.7 Å². The first-order valence-electron chi connectivity index (χ1n) is 10.6. The van der Waals surface area contributed by atoms with Gasteiger partial charge in [0.1, 0.15) is 0 Å². The van der Waals surface area contributed by atoms with Gasteiger partial charge >= 0.3 is 0 Å². The number of ether oxygens (including phenoxy) is 1. The van der Waals surface area contributed by atoms with Crippen LogP contribution in [-0.4, -0.2) is 61.8 Å². The summed E-state index contributed by atoms with van der Waals surface area (Å²) >= 11 is 1.95. The van der Waals surface area contributed by atoms with Crippen LogP contribution in [0.1, 0.15) is 43.2 Å². The summed E-state index contributed by atoms with van der Waals surface area (Å²) in [5.74, 6) is 0.873. The van der Waals surface area contributed by atoms with Gasteiger partial charge in [0.05, 0.1) is 0 Å². The molecule has 5 nitrogen and oxygen atoms in total. The first-order valence-corrected chi connectivity index (χ1v) is 11.8. The maximum absolute atomic E-state index is 5.53. The molecule has 29 heavy (non-hydrogen) atoms. The lowest BCUT2D eigenvalue weighted by atomic mass is 9.99. The van der Waals surface area contributed by atoms with E-state index in [1.54, 1.807) is 0 Å². The second-order valence-corrected chi connectivity index (χ2v) is 9.21. The maximum Gasteiger partial charge on any atom is 0.191 e. The molecule has 0 bridgehead atoms. The van der Waals surface area contributed by atoms with Gasteiger partial charge in [-0.05, 0) is 56.2 Å². The Labute approximate surface area is 197 Å². The van der Waals surface area contributed by atoms with E-state index >= 15 is 0 Å². The monoisotopic (exact) mass is 532 g/mol. The van der Waals surface area contributed by atoms with Crippen LogP contribution in [0.4, 0.5) is 0 Å². The van der Waals surface area contributed by atoms with Gasteiger partial charge in [-0.2, -0.15) is 11.8 Å². The first kappa shape index (κ1) is 24.8. The number of aliphatic imine (C=N–C) groups is 1. The number of guanidine groups is 1. The Morgan fingerprint density at radius 1 is 1.07 bits per heavy atom. The van der Waals surface area contributed by atoms with Crippen LogP contribution in [0.15, 0.2) is 29.3 Å². The predicted molar refractivity (Wildman–Crippen MR) is 135 cm³/mol.